The van der Waals surface area contributed by atoms with Crippen molar-refractivity contribution in [3.63, 3.8) is 0 Å². The molecule has 2 atom stereocenters. The Morgan fingerprint density at radius 2 is 1.79 bits per heavy atom. The second-order valence-corrected chi connectivity index (χ2v) is 9.21. The minimum atomic E-state index is -0.187. The van der Waals surface area contributed by atoms with Gasteiger partial charge in [0, 0.05) is 26.2 Å². The highest BCUT2D eigenvalue weighted by Crippen LogP contribution is 2.32. The Bertz CT molecular complexity index is 1090. The molecule has 3 aromatic carbocycles. The molecule has 0 radical (unpaired) electrons. The number of rotatable bonds is 8. The number of nitrogens with zero attached hydrogens (tertiary/aromatic N) is 1. The summed E-state index contributed by atoms with van der Waals surface area (Å²) >= 11 is 0. The Kier molecular flexibility index (Phi) is 7.96. The third-order valence-electron chi connectivity index (χ3n) is 6.67. The van der Waals surface area contributed by atoms with E-state index in [1.165, 1.54) is 5.56 Å². The highest BCUT2D eigenvalue weighted by Gasteiger charge is 2.32. The molecule has 4 nitrogen and oxygen atoms in total. The molecule has 1 saturated heterocycles. The second kappa shape index (κ2) is 11.3. The van der Waals surface area contributed by atoms with E-state index in [1.54, 1.807) is 20.1 Å². The van der Waals surface area contributed by atoms with Crippen molar-refractivity contribution in [3.05, 3.63) is 101 Å². The van der Waals surface area contributed by atoms with E-state index in [4.69, 9.17) is 4.74 Å². The molecule has 1 amide bonds. The molecule has 5 heteroatoms. The van der Waals surface area contributed by atoms with Crippen LogP contribution in [0.4, 0.5) is 4.39 Å². The van der Waals surface area contributed by atoms with Gasteiger partial charge in [-0.15, -0.1) is 0 Å². The fourth-order valence-electron chi connectivity index (χ4n) is 4.78. The van der Waals surface area contributed by atoms with Gasteiger partial charge < -0.3 is 10.1 Å². The minimum Gasteiger partial charge on any atom is -0.497 e. The molecule has 1 fully saturated rings. The van der Waals surface area contributed by atoms with Gasteiger partial charge in [-0.25, -0.2) is 4.39 Å². The number of halogens is 1. The number of likely N-dealkylation sites (tertiary alicyclic amines) is 1. The van der Waals surface area contributed by atoms with E-state index >= 15 is 0 Å². The number of amides is 1. The standard InChI is InChI=1S/C29H33FN2O2/c1-21-16-24(10-13-28(21)30)25-17-26(20-32(19-25)18-23-6-4-3-5-7-23)29(33)31-15-14-22-8-11-27(34-2)12-9-22/h3-13,16,25-26H,14-15,17-20H2,1-2H3,(H,31,33). The van der Waals surface area contributed by atoms with Crippen LogP contribution in [-0.4, -0.2) is 37.6 Å². The maximum Gasteiger partial charge on any atom is 0.224 e. The molecule has 1 N–H and O–H groups in total. The average Bonchev–Trinajstić information content (AvgIpc) is 2.86. The first kappa shape index (κ1) is 24.0. The van der Waals surface area contributed by atoms with Crippen LogP contribution in [0.15, 0.2) is 72.8 Å². The molecule has 0 aliphatic carbocycles. The van der Waals surface area contributed by atoms with Gasteiger partial charge in [0.1, 0.15) is 11.6 Å². The zero-order valence-electron chi connectivity index (χ0n) is 20.0. The maximum absolute atomic E-state index is 13.9. The summed E-state index contributed by atoms with van der Waals surface area (Å²) in [6.45, 7) is 4.77. The van der Waals surface area contributed by atoms with E-state index in [0.29, 0.717) is 12.1 Å². The molecule has 0 saturated carbocycles. The first-order valence-electron chi connectivity index (χ1n) is 11.9. The average molecular weight is 461 g/mol. The first-order chi connectivity index (χ1) is 16.5. The van der Waals surface area contributed by atoms with Crippen LogP contribution in [0.5, 0.6) is 5.75 Å². The molecular weight excluding hydrogens is 427 g/mol. The predicted octanol–water partition coefficient (Wildman–Crippen LogP) is 5.11. The largest absolute Gasteiger partial charge is 0.497 e. The van der Waals surface area contributed by atoms with Gasteiger partial charge in [0.25, 0.3) is 0 Å². The van der Waals surface area contributed by atoms with Crippen molar-refractivity contribution in [3.8, 4) is 5.75 Å². The van der Waals surface area contributed by atoms with Crippen molar-refractivity contribution >= 4 is 5.91 Å². The van der Waals surface area contributed by atoms with Crippen LogP contribution in [0.3, 0.4) is 0 Å². The summed E-state index contributed by atoms with van der Waals surface area (Å²) in [4.78, 5) is 15.5. The van der Waals surface area contributed by atoms with Crippen LogP contribution in [-0.2, 0) is 17.8 Å². The lowest BCUT2D eigenvalue weighted by Crippen LogP contribution is -2.45. The molecule has 3 aromatic rings. The molecule has 178 valence electrons. The van der Waals surface area contributed by atoms with Crippen LogP contribution < -0.4 is 10.1 Å². The summed E-state index contributed by atoms with van der Waals surface area (Å²) in [5.74, 6) is 0.817. The van der Waals surface area contributed by atoms with E-state index in [1.807, 2.05) is 54.6 Å². The number of carbonyl (C=O) groups is 1. The summed E-state index contributed by atoms with van der Waals surface area (Å²) in [5.41, 5.74) is 4.15. The summed E-state index contributed by atoms with van der Waals surface area (Å²) in [5, 5.41) is 3.15. The second-order valence-electron chi connectivity index (χ2n) is 9.21. The summed E-state index contributed by atoms with van der Waals surface area (Å²) in [6.07, 6.45) is 1.54. The molecule has 1 heterocycles. The third kappa shape index (κ3) is 6.23. The number of benzene rings is 3. The predicted molar refractivity (Wildman–Crippen MR) is 133 cm³/mol. The Morgan fingerprint density at radius 3 is 2.50 bits per heavy atom. The fraction of sp³-hybridized carbons (Fsp3) is 0.345. The normalized spacial score (nSPS) is 18.4. The number of aryl methyl sites for hydroxylation is 1. The molecule has 4 rings (SSSR count). The smallest absolute Gasteiger partial charge is 0.224 e. The van der Waals surface area contributed by atoms with Crippen molar-refractivity contribution in [1.82, 2.24) is 10.2 Å². The van der Waals surface area contributed by atoms with Crippen molar-refractivity contribution in [2.45, 2.75) is 32.2 Å². The van der Waals surface area contributed by atoms with Gasteiger partial charge in [0.15, 0.2) is 0 Å². The molecule has 1 aliphatic heterocycles. The summed E-state index contributed by atoms with van der Waals surface area (Å²) < 4.78 is 19.1. The number of methoxy groups -OCH3 is 1. The molecule has 2 unspecified atom stereocenters. The van der Waals surface area contributed by atoms with Crippen LogP contribution >= 0.6 is 0 Å². The highest BCUT2D eigenvalue weighted by molar-refractivity contribution is 5.79. The number of hydrogen-bond donors (Lipinski definition) is 1. The number of hydrogen-bond acceptors (Lipinski definition) is 3. The van der Waals surface area contributed by atoms with Gasteiger partial charge in [0.05, 0.1) is 13.0 Å². The number of piperidine rings is 1. The lowest BCUT2D eigenvalue weighted by atomic mass is 9.83. The van der Waals surface area contributed by atoms with Crippen molar-refractivity contribution in [1.29, 1.82) is 0 Å². The van der Waals surface area contributed by atoms with E-state index < -0.39 is 0 Å². The Morgan fingerprint density at radius 1 is 1.03 bits per heavy atom. The Hall–Kier alpha value is -3.18. The van der Waals surface area contributed by atoms with Crippen molar-refractivity contribution in [2.75, 3.05) is 26.7 Å². The van der Waals surface area contributed by atoms with E-state index in [9.17, 15) is 9.18 Å². The molecule has 0 bridgehead atoms. The van der Waals surface area contributed by atoms with Crippen molar-refractivity contribution < 1.29 is 13.9 Å². The van der Waals surface area contributed by atoms with Gasteiger partial charge in [-0.3, -0.25) is 9.69 Å². The van der Waals surface area contributed by atoms with Crippen LogP contribution in [0.1, 0.15) is 34.6 Å². The van der Waals surface area contributed by atoms with E-state index in [-0.39, 0.29) is 23.6 Å². The van der Waals surface area contributed by atoms with Crippen LogP contribution in [0.2, 0.25) is 0 Å². The summed E-state index contributed by atoms with van der Waals surface area (Å²) in [7, 11) is 1.65. The van der Waals surface area contributed by atoms with Crippen LogP contribution in [0, 0.1) is 18.7 Å². The number of carbonyl (C=O) groups excluding carboxylic acids is 1. The molecule has 0 aromatic heterocycles. The van der Waals surface area contributed by atoms with Crippen molar-refractivity contribution in [2.24, 2.45) is 5.92 Å². The molecular formula is C29H33FN2O2. The highest BCUT2D eigenvalue weighted by atomic mass is 19.1. The lowest BCUT2D eigenvalue weighted by Gasteiger charge is -2.37. The van der Waals surface area contributed by atoms with Crippen LogP contribution in [0.25, 0.3) is 0 Å². The SMILES string of the molecule is COc1ccc(CCNC(=O)C2CC(c3ccc(F)c(C)c3)CN(Cc3ccccc3)C2)cc1. The van der Waals surface area contributed by atoms with E-state index in [0.717, 1.165) is 49.4 Å². The van der Waals surface area contributed by atoms with Gasteiger partial charge in [-0.1, -0.05) is 54.6 Å². The zero-order valence-corrected chi connectivity index (χ0v) is 20.0. The van der Waals surface area contributed by atoms with Gasteiger partial charge in [0.2, 0.25) is 5.91 Å². The Labute approximate surface area is 201 Å². The molecule has 34 heavy (non-hydrogen) atoms. The zero-order chi connectivity index (χ0) is 23.9. The van der Waals surface area contributed by atoms with Gasteiger partial charge >= 0.3 is 0 Å². The Balaban J connectivity index is 1.42. The third-order valence-corrected chi connectivity index (χ3v) is 6.67. The molecule has 1 aliphatic rings. The monoisotopic (exact) mass is 460 g/mol. The topological polar surface area (TPSA) is 41.6 Å². The summed E-state index contributed by atoms with van der Waals surface area (Å²) in [6, 6.07) is 23.6. The number of ether oxygens (including phenoxy) is 1. The molecule has 0 spiro atoms. The maximum atomic E-state index is 13.9. The van der Waals surface area contributed by atoms with Gasteiger partial charge in [-0.2, -0.15) is 0 Å². The quantitative estimate of drug-likeness (QED) is 0.508. The lowest BCUT2D eigenvalue weighted by molar-refractivity contribution is -0.127. The minimum absolute atomic E-state index is 0.0927. The fourth-order valence-corrected chi connectivity index (χ4v) is 4.78. The van der Waals surface area contributed by atoms with E-state index in [2.05, 4.69) is 22.3 Å². The van der Waals surface area contributed by atoms with Gasteiger partial charge in [-0.05, 0) is 66.1 Å². The number of nitrogens with one attached hydrogen (secondary N) is 1. The first-order valence-corrected chi connectivity index (χ1v) is 11.9.